The molecule has 1 aliphatic rings. The molecule has 1 N–H and O–H groups in total. The summed E-state index contributed by atoms with van der Waals surface area (Å²) in [5.74, 6) is 0.605. The molecule has 16 heavy (non-hydrogen) atoms. The number of anilines is 1. The zero-order valence-corrected chi connectivity index (χ0v) is 10.4. The molecule has 0 saturated carbocycles. The maximum absolute atomic E-state index is 12.9. The third-order valence-corrected chi connectivity index (χ3v) is 3.68. The van der Waals surface area contributed by atoms with Gasteiger partial charge < -0.3 is 5.32 Å². The van der Waals surface area contributed by atoms with Crippen LogP contribution in [0.2, 0.25) is 5.02 Å². The standard InChI is InChI=1S/C11H12ClFN2S/c1-2-7-6-16-11(14-7)15-8-3-4-10(13)9(12)5-8/h3-5,7H,2,6H2,1H3,(H,14,15). The molecule has 5 heteroatoms. The maximum atomic E-state index is 12.9. The second-order valence-electron chi connectivity index (χ2n) is 3.56. The summed E-state index contributed by atoms with van der Waals surface area (Å²) in [6.07, 6.45) is 1.04. The van der Waals surface area contributed by atoms with Crippen LogP contribution in [0.3, 0.4) is 0 Å². The van der Waals surface area contributed by atoms with E-state index >= 15 is 0 Å². The lowest BCUT2D eigenvalue weighted by Gasteiger charge is -2.05. The lowest BCUT2D eigenvalue weighted by molar-refractivity contribution is 0.628. The van der Waals surface area contributed by atoms with Gasteiger partial charge in [0.1, 0.15) is 5.82 Å². The van der Waals surface area contributed by atoms with Crippen LogP contribution < -0.4 is 5.32 Å². The minimum atomic E-state index is -0.403. The fraction of sp³-hybridized carbons (Fsp3) is 0.364. The van der Waals surface area contributed by atoms with Crippen LogP contribution in [0.15, 0.2) is 23.2 Å². The number of amidine groups is 1. The maximum Gasteiger partial charge on any atom is 0.161 e. The first-order chi connectivity index (χ1) is 7.69. The Labute approximate surface area is 103 Å². The number of rotatable bonds is 2. The number of nitrogens with one attached hydrogen (secondary N) is 1. The van der Waals surface area contributed by atoms with E-state index in [4.69, 9.17) is 11.6 Å². The van der Waals surface area contributed by atoms with Gasteiger partial charge in [-0.3, -0.25) is 4.99 Å². The largest absolute Gasteiger partial charge is 0.335 e. The van der Waals surface area contributed by atoms with Gasteiger partial charge in [-0.15, -0.1) is 0 Å². The lowest BCUT2D eigenvalue weighted by atomic mass is 10.3. The van der Waals surface area contributed by atoms with Gasteiger partial charge in [-0.1, -0.05) is 30.3 Å². The van der Waals surface area contributed by atoms with Gasteiger partial charge in [0.05, 0.1) is 11.1 Å². The van der Waals surface area contributed by atoms with E-state index in [0.29, 0.717) is 6.04 Å². The van der Waals surface area contributed by atoms with E-state index < -0.39 is 5.82 Å². The molecule has 1 atom stereocenters. The molecule has 2 rings (SSSR count). The molecule has 0 bridgehead atoms. The third-order valence-electron chi connectivity index (χ3n) is 2.35. The fourth-order valence-corrected chi connectivity index (χ4v) is 2.65. The van der Waals surface area contributed by atoms with Crippen molar-refractivity contribution < 1.29 is 4.39 Å². The molecule has 1 aromatic rings. The second-order valence-corrected chi connectivity index (χ2v) is 4.98. The van der Waals surface area contributed by atoms with Crippen LogP contribution in [0.25, 0.3) is 0 Å². The molecule has 0 spiro atoms. The molecule has 0 saturated heterocycles. The van der Waals surface area contributed by atoms with Crippen molar-refractivity contribution in [1.82, 2.24) is 0 Å². The minimum Gasteiger partial charge on any atom is -0.335 e. The van der Waals surface area contributed by atoms with E-state index in [2.05, 4.69) is 17.2 Å². The van der Waals surface area contributed by atoms with Crippen LogP contribution in [0.5, 0.6) is 0 Å². The molecule has 0 aromatic heterocycles. The summed E-state index contributed by atoms with van der Waals surface area (Å²) in [6, 6.07) is 4.97. The molecule has 0 radical (unpaired) electrons. The number of aliphatic imine (C=N–C) groups is 1. The van der Waals surface area contributed by atoms with E-state index in [1.165, 1.54) is 6.07 Å². The fourth-order valence-electron chi connectivity index (χ4n) is 1.39. The Kier molecular flexibility index (Phi) is 3.71. The van der Waals surface area contributed by atoms with Gasteiger partial charge in [0.15, 0.2) is 5.17 Å². The Bertz CT molecular complexity index is 422. The quantitative estimate of drug-likeness (QED) is 0.873. The Morgan fingerprint density at radius 1 is 1.62 bits per heavy atom. The average Bonchev–Trinajstić information content (AvgIpc) is 2.71. The van der Waals surface area contributed by atoms with E-state index in [1.807, 2.05) is 0 Å². The topological polar surface area (TPSA) is 24.4 Å². The third kappa shape index (κ3) is 2.68. The highest BCUT2D eigenvalue weighted by Crippen LogP contribution is 2.24. The molecule has 0 aliphatic carbocycles. The Hall–Kier alpha value is -0.740. The van der Waals surface area contributed by atoms with Gasteiger partial charge in [-0.2, -0.15) is 0 Å². The van der Waals surface area contributed by atoms with Gasteiger partial charge >= 0.3 is 0 Å². The minimum absolute atomic E-state index is 0.126. The normalized spacial score (nSPS) is 19.7. The van der Waals surface area contributed by atoms with Crippen molar-refractivity contribution in [3.63, 3.8) is 0 Å². The van der Waals surface area contributed by atoms with Crippen LogP contribution in [-0.4, -0.2) is 17.0 Å². The number of benzene rings is 1. The predicted molar refractivity (Wildman–Crippen MR) is 69.0 cm³/mol. The monoisotopic (exact) mass is 258 g/mol. The van der Waals surface area contributed by atoms with Gasteiger partial charge in [-0.25, -0.2) is 4.39 Å². The van der Waals surface area contributed by atoms with Crippen LogP contribution in [0.4, 0.5) is 10.1 Å². The summed E-state index contributed by atoms with van der Waals surface area (Å²) in [4.78, 5) is 4.49. The van der Waals surface area contributed by atoms with E-state index in [-0.39, 0.29) is 5.02 Å². The molecular weight excluding hydrogens is 247 g/mol. The summed E-state index contributed by atoms with van der Waals surface area (Å²) in [5.41, 5.74) is 0.773. The second kappa shape index (κ2) is 5.06. The van der Waals surface area contributed by atoms with Crippen molar-refractivity contribution in [1.29, 1.82) is 0 Å². The van der Waals surface area contributed by atoms with Crippen molar-refractivity contribution in [3.05, 3.63) is 29.0 Å². The van der Waals surface area contributed by atoms with Crippen molar-refractivity contribution in [2.75, 3.05) is 11.1 Å². The highest BCUT2D eigenvalue weighted by Gasteiger charge is 2.16. The Balaban J connectivity index is 2.07. The van der Waals surface area contributed by atoms with Crippen molar-refractivity contribution in [2.24, 2.45) is 4.99 Å². The van der Waals surface area contributed by atoms with Crippen LogP contribution >= 0.6 is 23.4 Å². The predicted octanol–water partition coefficient (Wildman–Crippen LogP) is 3.77. The Morgan fingerprint density at radius 2 is 2.44 bits per heavy atom. The van der Waals surface area contributed by atoms with Gasteiger partial charge in [0, 0.05) is 11.4 Å². The van der Waals surface area contributed by atoms with Crippen LogP contribution in [-0.2, 0) is 0 Å². The first-order valence-electron chi connectivity index (χ1n) is 5.11. The van der Waals surface area contributed by atoms with Gasteiger partial charge in [-0.05, 0) is 24.6 Å². The molecular formula is C11H12ClFN2S. The first kappa shape index (κ1) is 11.7. The van der Waals surface area contributed by atoms with Gasteiger partial charge in [0.25, 0.3) is 0 Å². The van der Waals surface area contributed by atoms with E-state index in [9.17, 15) is 4.39 Å². The van der Waals surface area contributed by atoms with E-state index in [1.54, 1.807) is 23.9 Å². The van der Waals surface area contributed by atoms with Gasteiger partial charge in [0.2, 0.25) is 0 Å². The highest BCUT2D eigenvalue weighted by molar-refractivity contribution is 8.14. The molecule has 0 amide bonds. The summed E-state index contributed by atoms with van der Waals surface area (Å²) in [5, 5.41) is 4.14. The smallest absolute Gasteiger partial charge is 0.161 e. The zero-order valence-electron chi connectivity index (χ0n) is 8.84. The van der Waals surface area contributed by atoms with Crippen LogP contribution in [0, 0.1) is 5.82 Å². The molecule has 86 valence electrons. The number of halogens is 2. The summed E-state index contributed by atoms with van der Waals surface area (Å²) >= 11 is 7.38. The molecule has 0 fully saturated rings. The number of thioether (sulfide) groups is 1. The number of nitrogens with zero attached hydrogens (tertiary/aromatic N) is 1. The van der Waals surface area contributed by atoms with Crippen LogP contribution in [0.1, 0.15) is 13.3 Å². The Morgan fingerprint density at radius 3 is 3.06 bits per heavy atom. The SMILES string of the molecule is CCC1CSC(Nc2ccc(F)c(Cl)c2)=N1. The average molecular weight is 259 g/mol. The molecule has 1 aromatic carbocycles. The van der Waals surface area contributed by atoms with Crippen molar-refractivity contribution in [3.8, 4) is 0 Å². The molecule has 1 unspecified atom stereocenters. The zero-order chi connectivity index (χ0) is 11.5. The highest BCUT2D eigenvalue weighted by atomic mass is 35.5. The number of hydrogen-bond donors (Lipinski definition) is 1. The number of hydrogen-bond acceptors (Lipinski definition) is 3. The summed E-state index contributed by atoms with van der Waals surface area (Å²) in [6.45, 7) is 2.12. The van der Waals surface area contributed by atoms with E-state index in [0.717, 1.165) is 23.0 Å². The molecule has 2 nitrogen and oxygen atoms in total. The van der Waals surface area contributed by atoms with Crippen molar-refractivity contribution >= 4 is 34.2 Å². The summed E-state index contributed by atoms with van der Waals surface area (Å²) in [7, 11) is 0. The van der Waals surface area contributed by atoms with Crippen molar-refractivity contribution in [2.45, 2.75) is 19.4 Å². The molecule has 1 heterocycles. The summed E-state index contributed by atoms with van der Waals surface area (Å²) < 4.78 is 12.9. The molecule has 1 aliphatic heterocycles. The lowest BCUT2D eigenvalue weighted by Crippen LogP contribution is -2.05. The first-order valence-corrected chi connectivity index (χ1v) is 6.48.